The van der Waals surface area contributed by atoms with Crippen LogP contribution in [0.1, 0.15) is 10.4 Å². The molecule has 1 aromatic heterocycles. The number of aliphatic hydroxyl groups excluding tert-OH is 3. The van der Waals surface area contributed by atoms with Gasteiger partial charge >= 0.3 is 17.5 Å². The molecule has 1 rings (SSSR count). The number of nitrogens with two attached hydrogens (primary N) is 1. The number of rotatable bonds is 5. The van der Waals surface area contributed by atoms with Gasteiger partial charge in [-0.25, -0.2) is 9.36 Å². The molecular formula is C11H12BrF2N3O5. The molecule has 2 atom stereocenters. The van der Waals surface area contributed by atoms with Gasteiger partial charge in [0.1, 0.15) is 11.9 Å². The van der Waals surface area contributed by atoms with Crippen LogP contribution >= 0.6 is 15.9 Å². The second kappa shape index (κ2) is 7.05. The van der Waals surface area contributed by atoms with Crippen molar-refractivity contribution in [3.8, 4) is 0 Å². The highest BCUT2D eigenvalue weighted by molar-refractivity contribution is 9.11. The zero-order valence-electron chi connectivity index (χ0n) is 10.9. The van der Waals surface area contributed by atoms with Crippen LogP contribution in [0, 0.1) is 0 Å². The quantitative estimate of drug-likeness (QED) is 0.520. The average Bonchev–Trinajstić information content (AvgIpc) is 2.47. The fraction of sp³-hybridized carbons (Fsp3) is 0.364. The molecule has 0 saturated heterocycles. The van der Waals surface area contributed by atoms with Gasteiger partial charge in [-0.1, -0.05) is 15.9 Å². The zero-order valence-corrected chi connectivity index (χ0v) is 12.4. The van der Waals surface area contributed by atoms with Crippen molar-refractivity contribution in [1.82, 2.24) is 9.55 Å². The predicted molar refractivity (Wildman–Crippen MR) is 75.5 cm³/mol. The topological polar surface area (TPSA) is 139 Å². The fourth-order valence-electron chi connectivity index (χ4n) is 1.45. The number of nitrogen functional groups attached to an aromatic ring is 1. The third-order valence-corrected chi connectivity index (χ3v) is 2.92. The van der Waals surface area contributed by atoms with Crippen LogP contribution in [0.25, 0.3) is 6.08 Å². The molecular weight excluding hydrogens is 372 g/mol. The van der Waals surface area contributed by atoms with Gasteiger partial charge in [0.2, 0.25) is 0 Å². The minimum Gasteiger partial charge on any atom is -0.394 e. The summed E-state index contributed by atoms with van der Waals surface area (Å²) in [6.45, 7) is -1.20. The first-order chi connectivity index (χ1) is 10.2. The molecule has 0 saturated carbocycles. The van der Waals surface area contributed by atoms with Crippen molar-refractivity contribution < 1.29 is 28.9 Å². The summed E-state index contributed by atoms with van der Waals surface area (Å²) >= 11 is 2.91. The number of nitrogens with zero attached hydrogens (tertiary/aromatic N) is 2. The van der Waals surface area contributed by atoms with E-state index in [0.717, 1.165) is 6.20 Å². The lowest BCUT2D eigenvalue weighted by Gasteiger charge is -2.24. The number of halogens is 3. The Kier molecular flexibility index (Phi) is 5.88. The van der Waals surface area contributed by atoms with E-state index >= 15 is 0 Å². The number of carbonyl (C=O) groups excluding carboxylic acids is 1. The second-order valence-electron chi connectivity index (χ2n) is 4.15. The summed E-state index contributed by atoms with van der Waals surface area (Å²) in [5, 5.41) is 26.8. The van der Waals surface area contributed by atoms with Crippen LogP contribution in [0.2, 0.25) is 0 Å². The lowest BCUT2D eigenvalue weighted by Crippen LogP contribution is -2.53. The average molecular weight is 384 g/mol. The maximum atomic E-state index is 13.8. The highest BCUT2D eigenvalue weighted by Crippen LogP contribution is 2.23. The van der Waals surface area contributed by atoms with Gasteiger partial charge in [-0.2, -0.15) is 13.8 Å². The summed E-state index contributed by atoms with van der Waals surface area (Å²) < 4.78 is 27.6. The fourth-order valence-corrected chi connectivity index (χ4v) is 1.74. The molecule has 0 radical (unpaired) electrons. The van der Waals surface area contributed by atoms with Crippen LogP contribution in [-0.4, -0.2) is 55.5 Å². The molecule has 1 aromatic rings. The molecule has 0 aliphatic carbocycles. The van der Waals surface area contributed by atoms with E-state index in [2.05, 4.69) is 20.9 Å². The smallest absolute Gasteiger partial charge is 0.356 e. The Hall–Kier alpha value is -1.69. The summed E-state index contributed by atoms with van der Waals surface area (Å²) in [6.07, 6.45) is -3.19. The van der Waals surface area contributed by atoms with Gasteiger partial charge in [0.25, 0.3) is 0 Å². The third-order valence-electron chi connectivity index (χ3n) is 2.66. The molecule has 0 amide bonds. The van der Waals surface area contributed by atoms with Crippen LogP contribution in [0.4, 0.5) is 14.6 Å². The molecule has 8 nitrogen and oxygen atoms in total. The van der Waals surface area contributed by atoms with Crippen molar-refractivity contribution in [3.05, 3.63) is 27.2 Å². The van der Waals surface area contributed by atoms with Crippen LogP contribution in [-0.2, 0) is 0 Å². The molecule has 0 spiro atoms. The highest BCUT2D eigenvalue weighted by atomic mass is 79.9. The van der Waals surface area contributed by atoms with Crippen molar-refractivity contribution >= 4 is 33.7 Å². The molecule has 11 heteroatoms. The maximum Gasteiger partial charge on any atom is 0.356 e. The minimum absolute atomic E-state index is 0.00202. The SMILES string of the molecule is Nc1nc(=O)n(C(=O)C(F)(F)[C@@H](O)[C@H](O)CO)cc1C=CBr. The van der Waals surface area contributed by atoms with Gasteiger partial charge in [0.15, 0.2) is 6.10 Å². The molecule has 5 N–H and O–H groups in total. The number of carbonyl (C=O) groups is 1. The Morgan fingerprint density at radius 2 is 2.14 bits per heavy atom. The molecule has 0 aromatic carbocycles. The van der Waals surface area contributed by atoms with E-state index in [1.807, 2.05) is 0 Å². The van der Waals surface area contributed by atoms with Crippen LogP contribution < -0.4 is 11.4 Å². The van der Waals surface area contributed by atoms with Crippen LogP contribution in [0.15, 0.2) is 16.0 Å². The van der Waals surface area contributed by atoms with Gasteiger partial charge in [0, 0.05) is 11.8 Å². The van der Waals surface area contributed by atoms with E-state index < -0.39 is 36.3 Å². The summed E-state index contributed by atoms with van der Waals surface area (Å²) in [5.41, 5.74) is 4.02. The van der Waals surface area contributed by atoms with Gasteiger partial charge < -0.3 is 21.1 Å². The predicted octanol–water partition coefficient (Wildman–Crippen LogP) is -0.819. The zero-order chi connectivity index (χ0) is 17.1. The molecule has 0 aliphatic rings. The summed E-state index contributed by atoms with van der Waals surface area (Å²) in [7, 11) is 0. The Balaban J connectivity index is 3.33. The number of aromatic nitrogens is 2. The van der Waals surface area contributed by atoms with Crippen molar-refractivity contribution in [3.63, 3.8) is 0 Å². The number of anilines is 1. The first kappa shape index (κ1) is 18.4. The van der Waals surface area contributed by atoms with E-state index in [1.165, 1.54) is 11.1 Å². The van der Waals surface area contributed by atoms with Gasteiger partial charge in [0.05, 0.1) is 6.61 Å². The Morgan fingerprint density at radius 3 is 2.64 bits per heavy atom. The molecule has 0 bridgehead atoms. The van der Waals surface area contributed by atoms with Crippen molar-refractivity contribution in [2.75, 3.05) is 12.3 Å². The van der Waals surface area contributed by atoms with E-state index in [0.29, 0.717) is 0 Å². The van der Waals surface area contributed by atoms with E-state index in [4.69, 9.17) is 15.9 Å². The molecule has 122 valence electrons. The normalized spacial score (nSPS) is 15.0. The monoisotopic (exact) mass is 383 g/mol. The molecule has 22 heavy (non-hydrogen) atoms. The largest absolute Gasteiger partial charge is 0.394 e. The van der Waals surface area contributed by atoms with E-state index in [1.54, 1.807) is 0 Å². The Bertz CT molecular complexity index is 649. The van der Waals surface area contributed by atoms with Crippen molar-refractivity contribution in [2.24, 2.45) is 0 Å². The molecule has 0 aliphatic heterocycles. The lowest BCUT2D eigenvalue weighted by molar-refractivity contribution is -0.136. The highest BCUT2D eigenvalue weighted by Gasteiger charge is 2.51. The standard InChI is InChI=1S/C11H12BrF2N3O5/c12-2-1-5-3-17(10(22)16-8(5)15)9(21)11(13,14)7(20)6(19)4-18/h1-3,6-7,18-20H,4H2,(H2,15,16,22)/t6-,7+/m1/s1. The van der Waals surface area contributed by atoms with Crippen LogP contribution in [0.5, 0.6) is 0 Å². The van der Waals surface area contributed by atoms with E-state index in [9.17, 15) is 23.5 Å². The maximum absolute atomic E-state index is 13.8. The minimum atomic E-state index is -4.53. The second-order valence-corrected chi connectivity index (χ2v) is 4.68. The molecule has 1 heterocycles. The number of aliphatic hydroxyl groups is 3. The van der Waals surface area contributed by atoms with Crippen molar-refractivity contribution in [1.29, 1.82) is 0 Å². The Morgan fingerprint density at radius 1 is 1.55 bits per heavy atom. The van der Waals surface area contributed by atoms with Gasteiger partial charge in [-0.3, -0.25) is 4.79 Å². The van der Waals surface area contributed by atoms with Crippen molar-refractivity contribution in [2.45, 2.75) is 18.1 Å². The van der Waals surface area contributed by atoms with Gasteiger partial charge in [-0.05, 0) is 11.1 Å². The molecule has 0 unspecified atom stereocenters. The summed E-state index contributed by atoms with van der Waals surface area (Å²) in [6, 6.07) is 0. The molecule has 0 fully saturated rings. The first-order valence-corrected chi connectivity index (χ1v) is 6.63. The number of hydrogen-bond donors (Lipinski definition) is 4. The van der Waals surface area contributed by atoms with Gasteiger partial charge in [-0.15, -0.1) is 0 Å². The number of alkyl halides is 2. The van der Waals surface area contributed by atoms with Crippen LogP contribution in [0.3, 0.4) is 0 Å². The van der Waals surface area contributed by atoms with E-state index in [-0.39, 0.29) is 15.9 Å². The number of hydrogen-bond acceptors (Lipinski definition) is 7. The first-order valence-electron chi connectivity index (χ1n) is 5.72. The lowest BCUT2D eigenvalue weighted by atomic mass is 10.1. The summed E-state index contributed by atoms with van der Waals surface area (Å²) in [4.78, 5) is 27.8. The Labute approximate surface area is 130 Å². The summed E-state index contributed by atoms with van der Waals surface area (Å²) in [5.74, 6) is -6.93. The third kappa shape index (κ3) is 3.55.